The number of nitrogens with zero attached hydrogens (tertiary/aromatic N) is 2. The maximum Gasteiger partial charge on any atom is 0.232 e. The Hall–Kier alpha value is -1.16. The first-order chi connectivity index (χ1) is 9.65. The van der Waals surface area contributed by atoms with Crippen LogP contribution in [0.2, 0.25) is 0 Å². The molecule has 0 bridgehead atoms. The number of rotatable bonds is 10. The zero-order chi connectivity index (χ0) is 14.8. The van der Waals surface area contributed by atoms with Crippen molar-refractivity contribution in [2.75, 3.05) is 6.61 Å². The van der Waals surface area contributed by atoms with E-state index in [-0.39, 0.29) is 0 Å². The number of unbranched alkanes of at least 4 members (excludes halogenated alkanes) is 1. The van der Waals surface area contributed by atoms with Crippen LogP contribution in [0.3, 0.4) is 0 Å². The lowest BCUT2D eigenvalue weighted by Gasteiger charge is -2.15. The quantitative estimate of drug-likeness (QED) is 0.711. The largest absolute Gasteiger partial charge is 0.476 e. The summed E-state index contributed by atoms with van der Waals surface area (Å²) in [4.78, 5) is 8.69. The van der Waals surface area contributed by atoms with Crippen LogP contribution < -0.4 is 10.1 Å². The molecule has 1 aromatic heterocycles. The summed E-state index contributed by atoms with van der Waals surface area (Å²) in [5.41, 5.74) is 0.929. The lowest BCUT2D eigenvalue weighted by Crippen LogP contribution is -2.22. The van der Waals surface area contributed by atoms with Crippen LogP contribution in [0, 0.1) is 5.92 Å². The summed E-state index contributed by atoms with van der Waals surface area (Å²) in [6.07, 6.45) is 8.39. The minimum Gasteiger partial charge on any atom is -0.476 e. The van der Waals surface area contributed by atoms with Crippen LogP contribution in [0.15, 0.2) is 12.4 Å². The molecule has 1 atom stereocenters. The van der Waals surface area contributed by atoms with Crippen molar-refractivity contribution in [2.24, 2.45) is 5.92 Å². The highest BCUT2D eigenvalue weighted by Gasteiger charge is 2.08. The second kappa shape index (κ2) is 9.70. The van der Waals surface area contributed by atoms with E-state index in [1.54, 1.807) is 12.4 Å². The molecular weight excluding hydrogens is 250 g/mol. The number of ether oxygens (including phenoxy) is 1. The maximum absolute atomic E-state index is 5.80. The highest BCUT2D eigenvalue weighted by atomic mass is 16.5. The summed E-state index contributed by atoms with van der Waals surface area (Å²) < 4.78 is 5.80. The van der Waals surface area contributed by atoms with Gasteiger partial charge in [-0.1, -0.05) is 47.0 Å². The van der Waals surface area contributed by atoms with Gasteiger partial charge < -0.3 is 10.1 Å². The molecule has 0 radical (unpaired) electrons. The van der Waals surface area contributed by atoms with Crippen molar-refractivity contribution in [2.45, 2.75) is 66.0 Å². The first kappa shape index (κ1) is 16.9. The molecule has 0 saturated heterocycles. The molecule has 1 unspecified atom stereocenters. The maximum atomic E-state index is 5.80. The van der Waals surface area contributed by atoms with Crippen LogP contribution in [0.1, 0.15) is 59.1 Å². The molecule has 1 aromatic rings. The van der Waals surface area contributed by atoms with E-state index in [4.69, 9.17) is 4.74 Å². The van der Waals surface area contributed by atoms with E-state index in [1.807, 2.05) is 0 Å². The summed E-state index contributed by atoms with van der Waals surface area (Å²) >= 11 is 0. The second-order valence-electron chi connectivity index (χ2n) is 5.61. The molecule has 0 aliphatic carbocycles. The summed E-state index contributed by atoms with van der Waals surface area (Å²) in [7, 11) is 0. The summed E-state index contributed by atoms with van der Waals surface area (Å²) in [6.45, 7) is 10.2. The first-order valence-electron chi connectivity index (χ1n) is 7.82. The first-order valence-corrected chi connectivity index (χ1v) is 7.82. The van der Waals surface area contributed by atoms with Gasteiger partial charge in [-0.3, -0.25) is 4.98 Å². The van der Waals surface area contributed by atoms with Crippen molar-refractivity contribution in [3.05, 3.63) is 18.1 Å². The van der Waals surface area contributed by atoms with Gasteiger partial charge in [0.1, 0.15) is 0 Å². The molecular formula is C16H29N3O. The van der Waals surface area contributed by atoms with Crippen molar-refractivity contribution in [3.8, 4) is 5.88 Å². The normalized spacial score (nSPS) is 12.7. The standard InChI is InChI=1S/C16H29N3O/c1-5-7-8-14(6-2)12-20-16-11-17-9-15(19-16)10-18-13(3)4/h9,11,13-14,18H,5-8,10,12H2,1-4H3. The molecule has 0 aliphatic heterocycles. The third-order valence-electron chi connectivity index (χ3n) is 3.36. The molecule has 0 aromatic carbocycles. The molecule has 114 valence electrons. The summed E-state index contributed by atoms with van der Waals surface area (Å²) in [6, 6.07) is 0.444. The van der Waals surface area contributed by atoms with Gasteiger partial charge in [0, 0.05) is 18.8 Å². The Morgan fingerprint density at radius 2 is 2.05 bits per heavy atom. The Morgan fingerprint density at radius 1 is 1.25 bits per heavy atom. The molecule has 1 N–H and O–H groups in total. The van der Waals surface area contributed by atoms with Gasteiger partial charge in [-0.05, 0) is 12.3 Å². The van der Waals surface area contributed by atoms with E-state index in [2.05, 4.69) is 43.0 Å². The molecule has 0 fully saturated rings. The molecule has 0 spiro atoms. The fraction of sp³-hybridized carbons (Fsp3) is 0.750. The van der Waals surface area contributed by atoms with Gasteiger partial charge in [0.05, 0.1) is 18.5 Å². The van der Waals surface area contributed by atoms with E-state index in [1.165, 1.54) is 19.3 Å². The van der Waals surface area contributed by atoms with Crippen molar-refractivity contribution < 1.29 is 4.74 Å². The third kappa shape index (κ3) is 6.85. The SMILES string of the molecule is CCCCC(CC)COc1cncc(CNC(C)C)n1. The van der Waals surface area contributed by atoms with Gasteiger partial charge >= 0.3 is 0 Å². The minimum atomic E-state index is 0.444. The van der Waals surface area contributed by atoms with E-state index >= 15 is 0 Å². The van der Waals surface area contributed by atoms with Gasteiger partial charge in [-0.25, -0.2) is 4.98 Å². The van der Waals surface area contributed by atoms with Gasteiger partial charge in [0.25, 0.3) is 0 Å². The second-order valence-corrected chi connectivity index (χ2v) is 5.61. The van der Waals surface area contributed by atoms with Crippen LogP contribution in [0.4, 0.5) is 0 Å². The number of aromatic nitrogens is 2. The number of hydrogen-bond donors (Lipinski definition) is 1. The van der Waals surface area contributed by atoms with E-state index < -0.39 is 0 Å². The number of hydrogen-bond acceptors (Lipinski definition) is 4. The van der Waals surface area contributed by atoms with Crippen LogP contribution in [-0.4, -0.2) is 22.6 Å². The molecule has 4 heteroatoms. The third-order valence-corrected chi connectivity index (χ3v) is 3.36. The zero-order valence-corrected chi connectivity index (χ0v) is 13.4. The Kier molecular flexibility index (Phi) is 8.19. The van der Waals surface area contributed by atoms with Gasteiger partial charge in [0.2, 0.25) is 5.88 Å². The summed E-state index contributed by atoms with van der Waals surface area (Å²) in [5.74, 6) is 1.26. The lowest BCUT2D eigenvalue weighted by atomic mass is 10.0. The van der Waals surface area contributed by atoms with E-state index in [9.17, 15) is 0 Å². The summed E-state index contributed by atoms with van der Waals surface area (Å²) in [5, 5.41) is 3.33. The molecule has 4 nitrogen and oxygen atoms in total. The molecule has 0 amide bonds. The predicted octanol–water partition coefficient (Wildman–Crippen LogP) is 3.57. The zero-order valence-electron chi connectivity index (χ0n) is 13.4. The lowest BCUT2D eigenvalue weighted by molar-refractivity contribution is 0.224. The molecule has 1 heterocycles. The Labute approximate surface area is 123 Å². The monoisotopic (exact) mass is 279 g/mol. The highest BCUT2D eigenvalue weighted by Crippen LogP contribution is 2.14. The van der Waals surface area contributed by atoms with Crippen LogP contribution in [0.5, 0.6) is 5.88 Å². The average molecular weight is 279 g/mol. The molecule has 20 heavy (non-hydrogen) atoms. The van der Waals surface area contributed by atoms with Gasteiger partial charge in [-0.15, -0.1) is 0 Å². The van der Waals surface area contributed by atoms with Crippen molar-refractivity contribution in [3.63, 3.8) is 0 Å². The van der Waals surface area contributed by atoms with Crippen LogP contribution >= 0.6 is 0 Å². The Balaban J connectivity index is 2.44. The van der Waals surface area contributed by atoms with Gasteiger partial charge in [-0.2, -0.15) is 0 Å². The van der Waals surface area contributed by atoms with Crippen LogP contribution in [-0.2, 0) is 6.54 Å². The average Bonchev–Trinajstić information content (AvgIpc) is 2.46. The van der Waals surface area contributed by atoms with Crippen molar-refractivity contribution in [1.29, 1.82) is 0 Å². The topological polar surface area (TPSA) is 47.0 Å². The number of nitrogens with one attached hydrogen (secondary N) is 1. The fourth-order valence-electron chi connectivity index (χ4n) is 1.95. The molecule has 0 saturated carbocycles. The van der Waals surface area contributed by atoms with Gasteiger partial charge in [0.15, 0.2) is 0 Å². The van der Waals surface area contributed by atoms with E-state index in [0.29, 0.717) is 17.8 Å². The minimum absolute atomic E-state index is 0.444. The highest BCUT2D eigenvalue weighted by molar-refractivity contribution is 5.08. The predicted molar refractivity (Wildman–Crippen MR) is 82.8 cm³/mol. The van der Waals surface area contributed by atoms with Crippen LogP contribution in [0.25, 0.3) is 0 Å². The fourth-order valence-corrected chi connectivity index (χ4v) is 1.95. The van der Waals surface area contributed by atoms with Crippen molar-refractivity contribution >= 4 is 0 Å². The Morgan fingerprint density at radius 3 is 2.70 bits per heavy atom. The van der Waals surface area contributed by atoms with Crippen molar-refractivity contribution in [1.82, 2.24) is 15.3 Å². The molecule has 1 rings (SSSR count). The van der Waals surface area contributed by atoms with E-state index in [0.717, 1.165) is 25.3 Å². The Bertz CT molecular complexity index is 368. The molecule has 0 aliphatic rings. The smallest absolute Gasteiger partial charge is 0.232 e.